The standard InChI is InChI=1S/C23H23FN8O2.C15H16FN7.C7H7N2O2.K.H2O/c1-13-14(5-7-17(33)20-29-21(34-31-20)23(2)8-9-23)4-6-16(18(13)24)19-25-12-26-22(30-19)28-15-10-27-32(3)11-15;1-9-10(5-17)3-4-12(13(9)16)14-18-8-19-15(22-14)21-11-6-20-23(2)7-11;1-7(2-3-7)6-8-5(4-10)9-11-6;;/h4,6,10-12H,5,7-9H2,1-3H3,(H,25,26,28,30);3-4,6-8H,5,17H2,1-2H3,(H,18,19,21,22);2-3H2,1H3;;1H2/q;;-1;+1;/p-1. The van der Waals surface area contributed by atoms with E-state index in [0.29, 0.717) is 46.5 Å². The van der Waals surface area contributed by atoms with E-state index in [1.807, 2.05) is 13.8 Å². The minimum Gasteiger partial charge on any atom is -0.870 e. The largest absolute Gasteiger partial charge is 1.00 e. The molecule has 5 N–H and O–H groups in total. The zero-order valence-electron chi connectivity index (χ0n) is 39.4. The fourth-order valence-electron chi connectivity index (χ4n) is 6.74. The van der Waals surface area contributed by atoms with Crippen LogP contribution in [0.1, 0.15) is 96.4 Å². The van der Waals surface area contributed by atoms with Gasteiger partial charge in [-0.2, -0.15) is 31.4 Å². The van der Waals surface area contributed by atoms with Crippen molar-refractivity contribution in [2.24, 2.45) is 19.8 Å². The fraction of sp³-hybridized carbons (Fsp3) is 0.333. The van der Waals surface area contributed by atoms with Crippen LogP contribution in [0.2, 0.25) is 0 Å². The Kier molecular flexibility index (Phi) is 17.0. The van der Waals surface area contributed by atoms with Gasteiger partial charge in [-0.3, -0.25) is 14.2 Å². The first-order chi connectivity index (χ1) is 32.6. The molecular formula is C45H47F2KN17O5-. The summed E-state index contributed by atoms with van der Waals surface area (Å²) in [5.41, 5.74) is 9.98. The van der Waals surface area contributed by atoms with Crippen LogP contribution < -0.4 is 67.8 Å². The summed E-state index contributed by atoms with van der Waals surface area (Å²) < 4.78 is 43.1. The Morgan fingerprint density at radius 3 is 1.69 bits per heavy atom. The van der Waals surface area contributed by atoms with Gasteiger partial charge >= 0.3 is 51.4 Å². The monoisotopic (exact) mass is 982 g/mol. The summed E-state index contributed by atoms with van der Waals surface area (Å²) in [5.74, 6) is 1.21. The Hall–Kier alpha value is -6.48. The van der Waals surface area contributed by atoms with Gasteiger partial charge in [0.25, 0.3) is 0 Å². The Labute approximate surface area is 441 Å². The average Bonchev–Trinajstić information content (AvgIpc) is 3.83. The number of hydrogen-bond donors (Lipinski definition) is 3. The number of rotatable bonds is 14. The number of carbonyl (C=O) groups excluding carboxylic acids is 2. The summed E-state index contributed by atoms with van der Waals surface area (Å²) in [5, 5.41) is 21.4. The first-order valence-electron chi connectivity index (χ1n) is 21.4. The molecular weight excluding hydrogens is 936 g/mol. The summed E-state index contributed by atoms with van der Waals surface area (Å²) in [4.78, 5) is 55.6. The first-order valence-corrected chi connectivity index (χ1v) is 21.4. The van der Waals surface area contributed by atoms with Crippen LogP contribution in [-0.4, -0.2) is 87.3 Å². The number of ketones is 1. The van der Waals surface area contributed by atoms with Crippen LogP contribution in [0.5, 0.6) is 0 Å². The second-order valence-corrected chi connectivity index (χ2v) is 16.9. The first kappa shape index (κ1) is 52.9. The van der Waals surface area contributed by atoms with Crippen LogP contribution in [0, 0.1) is 25.5 Å². The minimum absolute atomic E-state index is 0. The fourth-order valence-corrected chi connectivity index (χ4v) is 6.74. The van der Waals surface area contributed by atoms with Gasteiger partial charge in [-0.05, 0) is 80.3 Å². The van der Waals surface area contributed by atoms with Crippen LogP contribution in [0.4, 0.5) is 32.1 Å². The van der Waals surface area contributed by atoms with Crippen LogP contribution in [-0.2, 0) is 42.7 Å². The van der Waals surface area contributed by atoms with Crippen molar-refractivity contribution in [3.63, 3.8) is 0 Å². The number of aromatic nitrogens is 14. The number of Topliss-reactive ketones (excluding diaryl/α,β-unsaturated/α-hetero) is 1. The van der Waals surface area contributed by atoms with Gasteiger partial charge in [0.15, 0.2) is 11.6 Å². The molecule has 6 heterocycles. The third-order valence-electron chi connectivity index (χ3n) is 11.6. The normalized spacial score (nSPS) is 13.6. The van der Waals surface area contributed by atoms with E-state index in [1.165, 1.54) is 12.7 Å². The molecule has 0 amide bonds. The number of hydrogen-bond acceptors (Lipinski definition) is 20. The van der Waals surface area contributed by atoms with E-state index >= 15 is 4.39 Å². The maximum atomic E-state index is 15.2. The van der Waals surface area contributed by atoms with Crippen molar-refractivity contribution in [2.45, 2.75) is 83.6 Å². The summed E-state index contributed by atoms with van der Waals surface area (Å²) >= 11 is 0. The van der Waals surface area contributed by atoms with E-state index < -0.39 is 5.82 Å². The smallest absolute Gasteiger partial charge is 0.870 e. The second kappa shape index (κ2) is 22.5. The summed E-state index contributed by atoms with van der Waals surface area (Å²) in [6, 6.07) is 6.82. The second-order valence-electron chi connectivity index (χ2n) is 16.9. The summed E-state index contributed by atoms with van der Waals surface area (Å²) in [7, 11) is 3.60. The molecule has 70 heavy (non-hydrogen) atoms. The third kappa shape index (κ3) is 12.5. The van der Waals surface area contributed by atoms with Crippen LogP contribution in [0.3, 0.4) is 0 Å². The van der Waals surface area contributed by atoms with E-state index in [2.05, 4.69) is 71.0 Å². The number of aryl methyl sites for hydroxylation is 3. The van der Waals surface area contributed by atoms with Gasteiger partial charge in [0.05, 0.1) is 40.7 Å². The van der Waals surface area contributed by atoms with Gasteiger partial charge in [-0.25, -0.2) is 33.7 Å². The Balaban J connectivity index is 0.000000192. The van der Waals surface area contributed by atoms with Gasteiger partial charge in [0.1, 0.15) is 24.3 Å². The molecule has 2 saturated carbocycles. The quantitative estimate of drug-likeness (QED) is 0.0801. The topological polar surface area (TPSA) is 305 Å². The van der Waals surface area contributed by atoms with Crippen molar-refractivity contribution in [1.29, 1.82) is 0 Å². The van der Waals surface area contributed by atoms with Crippen LogP contribution in [0.25, 0.3) is 22.8 Å². The molecule has 0 saturated heterocycles. The van der Waals surface area contributed by atoms with Crippen molar-refractivity contribution < 1.29 is 84.3 Å². The van der Waals surface area contributed by atoms with Crippen molar-refractivity contribution >= 4 is 35.3 Å². The molecule has 10 rings (SSSR count). The number of anilines is 4. The number of halogens is 2. The molecule has 8 aromatic rings. The molecule has 22 nitrogen and oxygen atoms in total. The van der Waals surface area contributed by atoms with Crippen LogP contribution in [0.15, 0.2) is 70.8 Å². The zero-order chi connectivity index (χ0) is 48.2. The molecule has 2 aromatic carbocycles. The van der Waals surface area contributed by atoms with E-state index in [4.69, 9.17) is 14.8 Å². The third-order valence-corrected chi connectivity index (χ3v) is 11.6. The van der Waals surface area contributed by atoms with E-state index in [9.17, 15) is 14.0 Å². The van der Waals surface area contributed by atoms with Crippen molar-refractivity contribution in [3.8, 4) is 22.8 Å². The van der Waals surface area contributed by atoms with E-state index in [1.54, 1.807) is 92.6 Å². The molecule has 0 unspecified atom stereocenters. The van der Waals surface area contributed by atoms with Crippen LogP contribution >= 0.6 is 0 Å². The molecule has 2 aliphatic carbocycles. The van der Waals surface area contributed by atoms with E-state index in [-0.39, 0.29) is 127 Å². The Morgan fingerprint density at radius 2 is 1.23 bits per heavy atom. The Bertz CT molecular complexity index is 3110. The number of nitrogens with two attached hydrogens (primary N) is 1. The molecule has 0 radical (unpaired) electrons. The van der Waals surface area contributed by atoms with E-state index in [0.717, 1.165) is 42.5 Å². The molecule has 0 spiro atoms. The molecule has 2 fully saturated rings. The van der Waals surface area contributed by atoms with Gasteiger partial charge < -0.3 is 35.7 Å². The minimum atomic E-state index is -0.438. The predicted octanol–water partition coefficient (Wildman–Crippen LogP) is 3.04. The number of benzene rings is 2. The maximum Gasteiger partial charge on any atom is 1.00 e. The molecule has 358 valence electrons. The van der Waals surface area contributed by atoms with Gasteiger partial charge in [0.2, 0.25) is 35.3 Å². The van der Waals surface area contributed by atoms with Crippen molar-refractivity contribution in [1.82, 2.24) is 69.7 Å². The SMILES string of the molecule is CC1(c2nc([C-]=O)no2)CC1.Cc1c(CCC(=O)c2noc(C3(C)CC3)n2)ccc(-c2ncnc(Nc3cnn(C)c3)n2)c1F.Cc1c(CN)ccc(-c2ncnc(Nc3cnn(C)c3)n2)c1F.[K+].[OH-]. The van der Waals surface area contributed by atoms with Gasteiger partial charge in [-0.15, -0.1) is 0 Å². The number of nitrogens with one attached hydrogen (secondary N) is 2. The molecule has 25 heteroatoms. The van der Waals surface area contributed by atoms with Crippen molar-refractivity contribution in [3.05, 3.63) is 119 Å². The molecule has 0 atom stereocenters. The average molecular weight is 983 g/mol. The number of nitrogens with zero attached hydrogens (tertiary/aromatic N) is 14. The van der Waals surface area contributed by atoms with Gasteiger partial charge in [0, 0.05) is 50.3 Å². The molecule has 6 aromatic heterocycles. The zero-order valence-corrected chi connectivity index (χ0v) is 42.5. The van der Waals surface area contributed by atoms with Gasteiger partial charge in [-0.1, -0.05) is 36.3 Å². The predicted molar refractivity (Wildman–Crippen MR) is 242 cm³/mol. The van der Waals surface area contributed by atoms with Crippen molar-refractivity contribution in [2.75, 3.05) is 10.6 Å². The maximum absolute atomic E-state index is 15.2. The molecule has 0 aliphatic heterocycles. The Morgan fingerprint density at radius 1 is 0.743 bits per heavy atom. The summed E-state index contributed by atoms with van der Waals surface area (Å²) in [6.07, 6.45) is 15.7. The molecule has 0 bridgehead atoms. The molecule has 2 aliphatic rings. The number of carbonyl (C=O) groups is 1. The summed E-state index contributed by atoms with van der Waals surface area (Å²) in [6.45, 7) is 7.72.